The standard InChI is InChI=1S/C23H26N2O3S/c1-2-16-25(22-11-7-4-8-12-22)23(26)21-13-17-24(18-14-21)29(27,28)19-15-20-9-5-3-6-10-20/h2-12,15,19,21H,1,13-14,16-18H2/b19-15+. The van der Waals surface area contributed by atoms with E-state index < -0.39 is 10.0 Å². The number of rotatable bonds is 7. The van der Waals surface area contributed by atoms with E-state index in [2.05, 4.69) is 6.58 Å². The van der Waals surface area contributed by atoms with E-state index in [1.807, 2.05) is 60.7 Å². The van der Waals surface area contributed by atoms with Gasteiger partial charge >= 0.3 is 0 Å². The van der Waals surface area contributed by atoms with Crippen LogP contribution >= 0.6 is 0 Å². The van der Waals surface area contributed by atoms with Gasteiger partial charge in [0.05, 0.1) is 0 Å². The maximum absolute atomic E-state index is 13.1. The van der Waals surface area contributed by atoms with Crippen molar-refractivity contribution < 1.29 is 13.2 Å². The second-order valence-corrected chi connectivity index (χ2v) is 8.82. The van der Waals surface area contributed by atoms with Gasteiger partial charge in [0.15, 0.2) is 0 Å². The quantitative estimate of drug-likeness (QED) is 0.650. The van der Waals surface area contributed by atoms with E-state index in [4.69, 9.17) is 0 Å². The molecule has 0 atom stereocenters. The fourth-order valence-corrected chi connectivity index (χ4v) is 4.67. The Morgan fingerprint density at radius 2 is 1.62 bits per heavy atom. The normalized spacial score (nSPS) is 16.0. The summed E-state index contributed by atoms with van der Waals surface area (Å²) in [6.07, 6.45) is 4.34. The van der Waals surface area contributed by atoms with Gasteiger partial charge in [-0.05, 0) is 36.6 Å². The van der Waals surface area contributed by atoms with Crippen molar-refractivity contribution in [3.63, 3.8) is 0 Å². The minimum atomic E-state index is -3.50. The highest BCUT2D eigenvalue weighted by Gasteiger charge is 2.32. The molecule has 1 aliphatic heterocycles. The summed E-state index contributed by atoms with van der Waals surface area (Å²) in [7, 11) is -3.50. The Bertz CT molecular complexity index is 948. The third kappa shape index (κ3) is 5.43. The maximum atomic E-state index is 13.1. The molecule has 1 fully saturated rings. The molecular formula is C23H26N2O3S. The van der Waals surface area contributed by atoms with Gasteiger partial charge in [0.2, 0.25) is 15.9 Å². The molecule has 6 heteroatoms. The van der Waals surface area contributed by atoms with Crippen LogP contribution in [-0.4, -0.2) is 38.3 Å². The summed E-state index contributed by atoms with van der Waals surface area (Å²) in [4.78, 5) is 14.8. The molecule has 0 radical (unpaired) electrons. The van der Waals surface area contributed by atoms with Crippen molar-refractivity contribution in [2.24, 2.45) is 5.92 Å². The summed E-state index contributed by atoms with van der Waals surface area (Å²) in [5, 5.41) is 1.25. The molecule has 0 N–H and O–H groups in total. The number of amides is 1. The molecule has 1 saturated heterocycles. The van der Waals surface area contributed by atoms with Crippen molar-refractivity contribution in [3.05, 3.63) is 84.3 Å². The molecule has 0 bridgehead atoms. The number of hydrogen-bond acceptors (Lipinski definition) is 3. The Balaban J connectivity index is 1.64. The van der Waals surface area contributed by atoms with Crippen LogP contribution in [0.25, 0.3) is 6.08 Å². The Morgan fingerprint density at radius 3 is 2.21 bits per heavy atom. The van der Waals surface area contributed by atoms with E-state index in [-0.39, 0.29) is 11.8 Å². The minimum Gasteiger partial charge on any atom is -0.308 e. The number of hydrogen-bond donors (Lipinski definition) is 0. The first-order chi connectivity index (χ1) is 14.0. The summed E-state index contributed by atoms with van der Waals surface area (Å²) in [5.74, 6) is -0.173. The predicted molar refractivity (Wildman–Crippen MR) is 118 cm³/mol. The third-order valence-electron chi connectivity index (χ3n) is 5.04. The lowest BCUT2D eigenvalue weighted by molar-refractivity contribution is -0.123. The van der Waals surface area contributed by atoms with Crippen LogP contribution in [0.1, 0.15) is 18.4 Å². The first kappa shape index (κ1) is 21.0. The number of piperidine rings is 1. The highest BCUT2D eigenvalue weighted by molar-refractivity contribution is 7.92. The molecule has 1 amide bonds. The monoisotopic (exact) mass is 410 g/mol. The molecule has 0 saturated carbocycles. The largest absolute Gasteiger partial charge is 0.308 e. The summed E-state index contributed by atoms with van der Waals surface area (Å²) in [6.45, 7) is 4.87. The van der Waals surface area contributed by atoms with Crippen LogP contribution < -0.4 is 4.90 Å². The second-order valence-electron chi connectivity index (χ2n) is 7.00. The van der Waals surface area contributed by atoms with Crippen LogP contribution in [0.15, 0.2) is 78.7 Å². The first-order valence-corrected chi connectivity index (χ1v) is 11.2. The van der Waals surface area contributed by atoms with Gasteiger partial charge in [-0.2, -0.15) is 4.31 Å². The molecule has 152 valence electrons. The lowest BCUT2D eigenvalue weighted by Gasteiger charge is -2.33. The molecule has 3 rings (SSSR count). The number of nitrogens with zero attached hydrogens (tertiary/aromatic N) is 2. The molecule has 0 aromatic heterocycles. The molecular weight excluding hydrogens is 384 g/mol. The van der Waals surface area contributed by atoms with E-state index in [0.29, 0.717) is 32.5 Å². The Labute approximate surface area is 173 Å². The Kier molecular flexibility index (Phi) is 7.01. The average molecular weight is 411 g/mol. The zero-order chi connectivity index (χ0) is 20.7. The van der Waals surface area contributed by atoms with Gasteiger partial charge in [0.1, 0.15) is 0 Å². The van der Waals surface area contributed by atoms with E-state index in [9.17, 15) is 13.2 Å². The van der Waals surface area contributed by atoms with Gasteiger partial charge in [0.25, 0.3) is 0 Å². The van der Waals surface area contributed by atoms with E-state index in [1.165, 1.54) is 9.71 Å². The zero-order valence-electron chi connectivity index (χ0n) is 16.4. The number of carbonyl (C=O) groups excluding carboxylic acids is 1. The number of carbonyl (C=O) groups is 1. The van der Waals surface area contributed by atoms with Crippen LogP contribution in [0.4, 0.5) is 5.69 Å². The van der Waals surface area contributed by atoms with Crippen LogP contribution in [0.5, 0.6) is 0 Å². The van der Waals surface area contributed by atoms with Gasteiger partial charge in [-0.15, -0.1) is 6.58 Å². The van der Waals surface area contributed by atoms with Gasteiger partial charge in [-0.1, -0.05) is 54.6 Å². The fraction of sp³-hybridized carbons (Fsp3) is 0.261. The third-order valence-corrected chi connectivity index (χ3v) is 6.61. The topological polar surface area (TPSA) is 57.7 Å². The number of para-hydroxylation sites is 1. The van der Waals surface area contributed by atoms with Crippen LogP contribution in [0, 0.1) is 5.92 Å². The highest BCUT2D eigenvalue weighted by atomic mass is 32.2. The van der Waals surface area contributed by atoms with Gasteiger partial charge in [-0.3, -0.25) is 4.79 Å². The predicted octanol–water partition coefficient (Wildman–Crippen LogP) is 3.92. The van der Waals surface area contributed by atoms with Crippen molar-refractivity contribution >= 4 is 27.7 Å². The van der Waals surface area contributed by atoms with E-state index in [0.717, 1.165) is 11.3 Å². The SMILES string of the molecule is C=CCN(C(=O)C1CCN(S(=O)(=O)/C=C/c2ccccc2)CC1)c1ccccc1. The highest BCUT2D eigenvalue weighted by Crippen LogP contribution is 2.25. The summed E-state index contributed by atoms with van der Waals surface area (Å²) in [6, 6.07) is 18.8. The van der Waals surface area contributed by atoms with Gasteiger partial charge < -0.3 is 4.90 Å². The van der Waals surface area contributed by atoms with Gasteiger partial charge in [-0.25, -0.2) is 8.42 Å². The number of anilines is 1. The second kappa shape index (κ2) is 9.67. The zero-order valence-corrected chi connectivity index (χ0v) is 17.2. The minimum absolute atomic E-state index is 0.0213. The van der Waals surface area contributed by atoms with Crippen molar-refractivity contribution in [3.8, 4) is 0 Å². The molecule has 0 spiro atoms. The molecule has 1 heterocycles. The molecule has 5 nitrogen and oxygen atoms in total. The van der Waals surface area contributed by atoms with E-state index >= 15 is 0 Å². The van der Waals surface area contributed by atoms with Crippen LogP contribution in [0.3, 0.4) is 0 Å². The smallest absolute Gasteiger partial charge is 0.236 e. The molecule has 2 aromatic rings. The molecule has 0 aliphatic carbocycles. The van der Waals surface area contributed by atoms with Crippen molar-refractivity contribution in [2.45, 2.75) is 12.8 Å². The Morgan fingerprint density at radius 1 is 1.03 bits per heavy atom. The average Bonchev–Trinajstić information content (AvgIpc) is 2.77. The number of sulfonamides is 1. The summed E-state index contributed by atoms with van der Waals surface area (Å²) in [5.41, 5.74) is 1.67. The molecule has 2 aromatic carbocycles. The lowest BCUT2D eigenvalue weighted by atomic mass is 9.96. The Hall–Kier alpha value is -2.70. The lowest BCUT2D eigenvalue weighted by Crippen LogP contribution is -2.44. The van der Waals surface area contributed by atoms with Crippen molar-refractivity contribution in [1.29, 1.82) is 0 Å². The van der Waals surface area contributed by atoms with Crippen molar-refractivity contribution in [2.75, 3.05) is 24.5 Å². The number of benzene rings is 2. The maximum Gasteiger partial charge on any atom is 0.236 e. The summed E-state index contributed by atoms with van der Waals surface area (Å²) < 4.78 is 26.7. The summed E-state index contributed by atoms with van der Waals surface area (Å²) >= 11 is 0. The molecule has 1 aliphatic rings. The molecule has 0 unspecified atom stereocenters. The fourth-order valence-electron chi connectivity index (χ4n) is 3.45. The van der Waals surface area contributed by atoms with Crippen LogP contribution in [0.2, 0.25) is 0 Å². The van der Waals surface area contributed by atoms with Crippen molar-refractivity contribution in [1.82, 2.24) is 4.31 Å². The van der Waals surface area contributed by atoms with Gasteiger partial charge in [0, 0.05) is 36.6 Å². The molecule has 29 heavy (non-hydrogen) atoms. The van der Waals surface area contributed by atoms with E-state index in [1.54, 1.807) is 17.1 Å². The van der Waals surface area contributed by atoms with Crippen LogP contribution in [-0.2, 0) is 14.8 Å². The first-order valence-electron chi connectivity index (χ1n) is 9.72.